The van der Waals surface area contributed by atoms with E-state index in [4.69, 9.17) is 10.2 Å². The zero-order chi connectivity index (χ0) is 20.5. The number of hydrogen-bond donors (Lipinski definition) is 3. The van der Waals surface area contributed by atoms with Gasteiger partial charge in [0.25, 0.3) is 5.91 Å². The molecule has 2 amide bonds. The van der Waals surface area contributed by atoms with Crippen LogP contribution < -0.4 is 16.4 Å². The molecule has 2 rings (SSSR count). The lowest BCUT2D eigenvalue weighted by atomic mass is 9.98. The Morgan fingerprint density at radius 3 is 2.41 bits per heavy atom. The number of carbonyl (C=O) groups excluding carboxylic acids is 2. The first-order valence-corrected chi connectivity index (χ1v) is 10.2. The lowest BCUT2D eigenvalue weighted by Gasteiger charge is -2.34. The number of hydrogen-bond acceptors (Lipinski definition) is 4. The van der Waals surface area contributed by atoms with Gasteiger partial charge in [0, 0.05) is 31.6 Å². The summed E-state index contributed by atoms with van der Waals surface area (Å²) in [6.45, 7) is 8.75. The number of nitrogens with one attached hydrogen (secondary N) is 2. The molecule has 0 atom stereocenters. The Bertz CT molecular complexity index is 679. The van der Waals surface area contributed by atoms with E-state index in [1.165, 1.54) is 0 Å². The molecule has 4 N–H and O–H groups in total. The molecule has 1 aromatic heterocycles. The number of likely N-dealkylation sites (tertiary alicyclic amines) is 1. The summed E-state index contributed by atoms with van der Waals surface area (Å²) in [4.78, 5) is 30.2. The lowest BCUT2D eigenvalue weighted by molar-refractivity contribution is -0.136. The molecular formula is C20H34IN5O3. The Morgan fingerprint density at radius 2 is 1.90 bits per heavy atom. The second-order valence-electron chi connectivity index (χ2n) is 7.08. The van der Waals surface area contributed by atoms with Gasteiger partial charge in [-0.05, 0) is 44.7 Å². The molecule has 8 nitrogen and oxygen atoms in total. The van der Waals surface area contributed by atoms with E-state index < -0.39 is 5.91 Å². The third-order valence-corrected chi connectivity index (χ3v) is 5.12. The van der Waals surface area contributed by atoms with E-state index in [2.05, 4.69) is 29.5 Å². The van der Waals surface area contributed by atoms with Crippen LogP contribution in [0.15, 0.2) is 21.5 Å². The van der Waals surface area contributed by atoms with E-state index in [1.807, 2.05) is 11.8 Å². The van der Waals surface area contributed by atoms with Gasteiger partial charge in [0.2, 0.25) is 5.91 Å². The molecule has 164 valence electrons. The predicted molar refractivity (Wildman–Crippen MR) is 124 cm³/mol. The molecule has 9 heteroatoms. The maximum atomic E-state index is 12.5. The summed E-state index contributed by atoms with van der Waals surface area (Å²) >= 11 is 0. The fourth-order valence-electron chi connectivity index (χ4n) is 3.41. The van der Waals surface area contributed by atoms with E-state index in [0.717, 1.165) is 45.3 Å². The standard InChI is InChI=1S/C20H33N5O3.HI/c1-4-14(5-2)19(27)25-11-9-15(10-12-25)24-20(22-6-3)23-13-16-7-8-17(28-16)18(21)26;/h7-8,14-15H,4-6,9-13H2,1-3H3,(H2,21,26)(H2,22,23,24);1H. The number of carbonyl (C=O) groups is 2. The average Bonchev–Trinajstić information content (AvgIpc) is 3.17. The van der Waals surface area contributed by atoms with Crippen molar-refractivity contribution in [3.05, 3.63) is 23.7 Å². The fourth-order valence-corrected chi connectivity index (χ4v) is 3.41. The summed E-state index contributed by atoms with van der Waals surface area (Å²) in [6.07, 6.45) is 3.58. The van der Waals surface area contributed by atoms with E-state index in [1.54, 1.807) is 12.1 Å². The SMILES string of the molecule is CCNC(=NCc1ccc(C(N)=O)o1)NC1CCN(C(=O)C(CC)CC)CC1.I. The summed E-state index contributed by atoms with van der Waals surface area (Å²) in [5, 5.41) is 6.67. The quantitative estimate of drug-likeness (QED) is 0.278. The van der Waals surface area contributed by atoms with Crippen LogP contribution in [-0.4, -0.2) is 48.3 Å². The number of primary amides is 1. The Balaban J connectivity index is 0.00000420. The second-order valence-corrected chi connectivity index (χ2v) is 7.08. The van der Waals surface area contributed by atoms with E-state index in [-0.39, 0.29) is 47.6 Å². The van der Waals surface area contributed by atoms with Crippen LogP contribution in [0.1, 0.15) is 62.8 Å². The molecule has 2 heterocycles. The van der Waals surface area contributed by atoms with Crippen LogP contribution in [0.25, 0.3) is 0 Å². The predicted octanol–water partition coefficient (Wildman–Crippen LogP) is 2.48. The van der Waals surface area contributed by atoms with Crippen molar-refractivity contribution in [1.29, 1.82) is 0 Å². The summed E-state index contributed by atoms with van der Waals surface area (Å²) in [5.41, 5.74) is 5.20. The van der Waals surface area contributed by atoms with Gasteiger partial charge in [-0.3, -0.25) is 9.59 Å². The Hall–Kier alpha value is -1.78. The topological polar surface area (TPSA) is 113 Å². The van der Waals surface area contributed by atoms with Crippen LogP contribution in [0.5, 0.6) is 0 Å². The summed E-state index contributed by atoms with van der Waals surface area (Å²) in [7, 11) is 0. The number of furan rings is 1. The third-order valence-electron chi connectivity index (χ3n) is 5.12. The number of amides is 2. The minimum atomic E-state index is -0.588. The van der Waals surface area contributed by atoms with Crippen molar-refractivity contribution in [3.63, 3.8) is 0 Å². The number of piperidine rings is 1. The zero-order valence-electron chi connectivity index (χ0n) is 17.6. The molecule has 29 heavy (non-hydrogen) atoms. The van der Waals surface area contributed by atoms with Crippen LogP contribution in [0, 0.1) is 5.92 Å². The van der Waals surface area contributed by atoms with Gasteiger partial charge >= 0.3 is 0 Å². The molecule has 1 fully saturated rings. The van der Waals surface area contributed by atoms with Gasteiger partial charge in [0.1, 0.15) is 12.3 Å². The molecule has 1 aliphatic rings. The highest BCUT2D eigenvalue weighted by Gasteiger charge is 2.26. The molecule has 0 aliphatic carbocycles. The number of aliphatic imine (C=N–C) groups is 1. The highest BCUT2D eigenvalue weighted by molar-refractivity contribution is 14.0. The van der Waals surface area contributed by atoms with Crippen molar-refractivity contribution in [2.75, 3.05) is 19.6 Å². The molecule has 1 saturated heterocycles. The number of guanidine groups is 1. The first-order valence-electron chi connectivity index (χ1n) is 10.2. The molecular weight excluding hydrogens is 485 g/mol. The van der Waals surface area contributed by atoms with E-state index in [0.29, 0.717) is 18.3 Å². The highest BCUT2D eigenvalue weighted by atomic mass is 127. The van der Waals surface area contributed by atoms with Gasteiger partial charge in [-0.2, -0.15) is 0 Å². The summed E-state index contributed by atoms with van der Waals surface area (Å²) in [6, 6.07) is 3.52. The minimum absolute atomic E-state index is 0. The van der Waals surface area contributed by atoms with Crippen LogP contribution >= 0.6 is 24.0 Å². The maximum Gasteiger partial charge on any atom is 0.284 e. The van der Waals surface area contributed by atoms with Crippen LogP contribution in [-0.2, 0) is 11.3 Å². The molecule has 0 aromatic carbocycles. The number of halogens is 1. The summed E-state index contributed by atoms with van der Waals surface area (Å²) < 4.78 is 5.37. The van der Waals surface area contributed by atoms with Gasteiger partial charge in [-0.15, -0.1) is 24.0 Å². The molecule has 0 saturated carbocycles. The fraction of sp³-hybridized carbons (Fsp3) is 0.650. The number of nitrogens with two attached hydrogens (primary N) is 1. The Kier molecular flexibility index (Phi) is 11.1. The van der Waals surface area contributed by atoms with Crippen molar-refractivity contribution in [3.8, 4) is 0 Å². The Morgan fingerprint density at radius 1 is 1.24 bits per heavy atom. The molecule has 0 radical (unpaired) electrons. The van der Waals surface area contributed by atoms with Crippen LogP contribution in [0.3, 0.4) is 0 Å². The molecule has 1 aromatic rings. The smallest absolute Gasteiger partial charge is 0.284 e. The number of rotatable bonds is 8. The summed E-state index contributed by atoms with van der Waals surface area (Å²) in [5.74, 6) is 1.25. The normalized spacial score (nSPS) is 15.2. The molecule has 1 aliphatic heterocycles. The first-order chi connectivity index (χ1) is 13.5. The van der Waals surface area contributed by atoms with Crippen LogP contribution in [0.2, 0.25) is 0 Å². The molecule has 0 unspecified atom stereocenters. The largest absolute Gasteiger partial charge is 0.454 e. The molecule has 0 bridgehead atoms. The average molecular weight is 519 g/mol. The van der Waals surface area contributed by atoms with Crippen LogP contribution in [0.4, 0.5) is 0 Å². The van der Waals surface area contributed by atoms with Gasteiger partial charge in [-0.25, -0.2) is 4.99 Å². The van der Waals surface area contributed by atoms with E-state index >= 15 is 0 Å². The van der Waals surface area contributed by atoms with Gasteiger partial charge in [-0.1, -0.05) is 13.8 Å². The highest BCUT2D eigenvalue weighted by Crippen LogP contribution is 2.17. The van der Waals surface area contributed by atoms with Crippen molar-refractivity contribution < 1.29 is 14.0 Å². The van der Waals surface area contributed by atoms with Gasteiger partial charge in [0.15, 0.2) is 11.7 Å². The minimum Gasteiger partial charge on any atom is -0.454 e. The maximum absolute atomic E-state index is 12.5. The first kappa shape index (κ1) is 25.3. The van der Waals surface area contributed by atoms with Crippen molar-refractivity contribution in [2.24, 2.45) is 16.6 Å². The number of nitrogens with zero attached hydrogens (tertiary/aromatic N) is 2. The van der Waals surface area contributed by atoms with Gasteiger partial charge < -0.3 is 25.7 Å². The van der Waals surface area contributed by atoms with Crippen molar-refractivity contribution >= 4 is 41.8 Å². The van der Waals surface area contributed by atoms with Crippen molar-refractivity contribution in [1.82, 2.24) is 15.5 Å². The third kappa shape index (κ3) is 7.52. The zero-order valence-corrected chi connectivity index (χ0v) is 19.9. The van der Waals surface area contributed by atoms with E-state index in [9.17, 15) is 9.59 Å². The van der Waals surface area contributed by atoms with Crippen molar-refractivity contribution in [2.45, 2.75) is 59.0 Å². The molecule has 0 spiro atoms. The Labute approximate surface area is 190 Å². The monoisotopic (exact) mass is 519 g/mol. The second kappa shape index (κ2) is 12.7. The van der Waals surface area contributed by atoms with Gasteiger partial charge in [0.05, 0.1) is 0 Å². The lowest BCUT2D eigenvalue weighted by Crippen LogP contribution is -2.50.